The molecule has 2 aromatic carbocycles. The average Bonchev–Trinajstić information content (AvgIpc) is 3.35. The standard InChI is InChI=1S/C23H25ClFN3/c24-17-6-8-22-19(14-17)20(15-26-22)16-5-7-18(13-16)27-9-11-28(12-10-27)23-4-2-1-3-21(23)25/h1-4,6,8,14-16,18,26H,5,7,9-13H2. The Kier molecular flexibility index (Phi) is 4.77. The van der Waals surface area contributed by atoms with Gasteiger partial charge < -0.3 is 9.88 Å². The smallest absolute Gasteiger partial charge is 0.146 e. The van der Waals surface area contributed by atoms with Gasteiger partial charge in [0, 0.05) is 54.3 Å². The van der Waals surface area contributed by atoms with E-state index in [0.717, 1.165) is 36.9 Å². The van der Waals surface area contributed by atoms with Crippen molar-refractivity contribution >= 4 is 28.2 Å². The summed E-state index contributed by atoms with van der Waals surface area (Å²) in [6.07, 6.45) is 5.82. The van der Waals surface area contributed by atoms with Crippen LogP contribution in [-0.4, -0.2) is 42.1 Å². The lowest BCUT2D eigenvalue weighted by Crippen LogP contribution is -2.50. The van der Waals surface area contributed by atoms with Crippen LogP contribution in [0.15, 0.2) is 48.7 Å². The number of nitrogens with zero attached hydrogens (tertiary/aromatic N) is 2. The number of fused-ring (bicyclic) bond motifs is 1. The van der Waals surface area contributed by atoms with Crippen molar-refractivity contribution < 1.29 is 4.39 Å². The molecule has 0 spiro atoms. The number of H-pyrrole nitrogens is 1. The van der Waals surface area contributed by atoms with Gasteiger partial charge in [-0.15, -0.1) is 0 Å². The summed E-state index contributed by atoms with van der Waals surface area (Å²) in [4.78, 5) is 8.19. The molecule has 0 bridgehead atoms. The molecule has 1 aliphatic heterocycles. The van der Waals surface area contributed by atoms with Gasteiger partial charge in [0.2, 0.25) is 0 Å². The van der Waals surface area contributed by atoms with Crippen molar-refractivity contribution in [1.82, 2.24) is 9.88 Å². The lowest BCUT2D eigenvalue weighted by atomic mass is 9.96. The maximum absolute atomic E-state index is 14.1. The molecular weight excluding hydrogens is 373 g/mol. The molecule has 2 atom stereocenters. The molecule has 1 N–H and O–H groups in total. The average molecular weight is 398 g/mol. The molecule has 0 amide bonds. The number of para-hydroxylation sites is 1. The largest absolute Gasteiger partial charge is 0.367 e. The van der Waals surface area contributed by atoms with Crippen LogP contribution in [0.3, 0.4) is 0 Å². The lowest BCUT2D eigenvalue weighted by Gasteiger charge is -2.39. The fourth-order valence-corrected chi connectivity index (χ4v) is 5.23. The first-order chi connectivity index (χ1) is 13.7. The molecule has 3 aromatic rings. The van der Waals surface area contributed by atoms with Crippen molar-refractivity contribution in [3.8, 4) is 0 Å². The van der Waals surface area contributed by atoms with E-state index in [4.69, 9.17) is 11.6 Å². The Bertz CT molecular complexity index is 977. The number of hydrogen-bond donors (Lipinski definition) is 1. The zero-order chi connectivity index (χ0) is 19.1. The van der Waals surface area contributed by atoms with Gasteiger partial charge in [-0.2, -0.15) is 0 Å². The van der Waals surface area contributed by atoms with Crippen molar-refractivity contribution in [2.45, 2.75) is 31.2 Å². The van der Waals surface area contributed by atoms with Crippen molar-refractivity contribution in [1.29, 1.82) is 0 Å². The summed E-state index contributed by atoms with van der Waals surface area (Å²) in [7, 11) is 0. The van der Waals surface area contributed by atoms with Gasteiger partial charge in [0.25, 0.3) is 0 Å². The third-order valence-corrected chi connectivity index (χ3v) is 6.78. The number of aromatic nitrogens is 1. The Morgan fingerprint density at radius 3 is 2.64 bits per heavy atom. The first kappa shape index (κ1) is 18.0. The highest BCUT2D eigenvalue weighted by molar-refractivity contribution is 6.31. The number of benzene rings is 2. The number of nitrogens with one attached hydrogen (secondary N) is 1. The van der Waals surface area contributed by atoms with Gasteiger partial charge in [-0.1, -0.05) is 23.7 Å². The maximum Gasteiger partial charge on any atom is 0.146 e. The molecule has 2 heterocycles. The van der Waals surface area contributed by atoms with E-state index >= 15 is 0 Å². The van der Waals surface area contributed by atoms with Gasteiger partial charge in [-0.25, -0.2) is 4.39 Å². The van der Waals surface area contributed by atoms with Gasteiger partial charge in [0.05, 0.1) is 5.69 Å². The van der Waals surface area contributed by atoms with Crippen LogP contribution in [0.1, 0.15) is 30.7 Å². The first-order valence-electron chi connectivity index (χ1n) is 10.2. The Morgan fingerprint density at radius 2 is 1.82 bits per heavy atom. The Hall–Kier alpha value is -2.04. The molecule has 2 fully saturated rings. The molecule has 1 saturated carbocycles. The topological polar surface area (TPSA) is 22.3 Å². The maximum atomic E-state index is 14.1. The van der Waals surface area contributed by atoms with E-state index in [1.807, 2.05) is 18.2 Å². The SMILES string of the molecule is Fc1ccccc1N1CCN(C2CCC(c3c[nH]c4ccc(Cl)cc34)C2)CC1. The van der Waals surface area contributed by atoms with Gasteiger partial charge in [0.15, 0.2) is 0 Å². The van der Waals surface area contributed by atoms with Gasteiger partial charge in [-0.3, -0.25) is 4.90 Å². The minimum atomic E-state index is -0.116. The minimum absolute atomic E-state index is 0.116. The minimum Gasteiger partial charge on any atom is -0.367 e. The fourth-order valence-electron chi connectivity index (χ4n) is 5.06. The molecule has 28 heavy (non-hydrogen) atoms. The fraction of sp³-hybridized carbons (Fsp3) is 0.391. The van der Waals surface area contributed by atoms with Crippen molar-refractivity contribution in [3.05, 3.63) is 65.1 Å². The van der Waals surface area contributed by atoms with E-state index in [9.17, 15) is 4.39 Å². The van der Waals surface area contributed by atoms with Crippen LogP contribution in [0.25, 0.3) is 10.9 Å². The molecule has 5 rings (SSSR count). The van der Waals surface area contributed by atoms with Crippen molar-refractivity contribution in [2.24, 2.45) is 0 Å². The second-order valence-electron chi connectivity index (χ2n) is 8.07. The lowest BCUT2D eigenvalue weighted by molar-refractivity contribution is 0.186. The van der Waals surface area contributed by atoms with Crippen LogP contribution in [0.4, 0.5) is 10.1 Å². The van der Waals surface area contributed by atoms with Crippen LogP contribution in [0, 0.1) is 5.82 Å². The highest BCUT2D eigenvalue weighted by atomic mass is 35.5. The second-order valence-corrected chi connectivity index (χ2v) is 8.51. The highest BCUT2D eigenvalue weighted by Crippen LogP contribution is 2.40. The van der Waals surface area contributed by atoms with Gasteiger partial charge >= 0.3 is 0 Å². The predicted molar refractivity (Wildman–Crippen MR) is 114 cm³/mol. The van der Waals surface area contributed by atoms with Gasteiger partial charge in [-0.05, 0) is 61.1 Å². The van der Waals surface area contributed by atoms with E-state index in [0.29, 0.717) is 12.0 Å². The molecule has 5 heteroatoms. The van der Waals surface area contributed by atoms with E-state index < -0.39 is 0 Å². The third-order valence-electron chi connectivity index (χ3n) is 6.54. The molecular formula is C23H25ClFN3. The van der Waals surface area contributed by atoms with Crippen molar-refractivity contribution in [3.63, 3.8) is 0 Å². The van der Waals surface area contributed by atoms with Crippen molar-refractivity contribution in [2.75, 3.05) is 31.1 Å². The summed E-state index contributed by atoms with van der Waals surface area (Å²) in [5.74, 6) is 0.469. The van der Waals surface area contributed by atoms with Crippen LogP contribution in [0.2, 0.25) is 5.02 Å². The predicted octanol–water partition coefficient (Wildman–Crippen LogP) is 5.42. The number of rotatable bonds is 3. The molecule has 146 valence electrons. The zero-order valence-electron chi connectivity index (χ0n) is 15.9. The van der Waals surface area contributed by atoms with E-state index in [1.54, 1.807) is 12.1 Å². The second kappa shape index (κ2) is 7.41. The van der Waals surface area contributed by atoms with E-state index in [1.165, 1.54) is 35.7 Å². The third kappa shape index (κ3) is 3.29. The molecule has 2 aliphatic rings. The monoisotopic (exact) mass is 397 g/mol. The number of aromatic amines is 1. The zero-order valence-corrected chi connectivity index (χ0v) is 16.6. The Balaban J connectivity index is 1.24. The molecule has 1 aromatic heterocycles. The number of anilines is 1. The normalized spacial score (nSPS) is 23.6. The molecule has 1 aliphatic carbocycles. The summed E-state index contributed by atoms with van der Waals surface area (Å²) in [5, 5.41) is 2.06. The van der Waals surface area contributed by atoms with Crippen LogP contribution in [-0.2, 0) is 0 Å². The number of hydrogen-bond acceptors (Lipinski definition) is 2. The molecule has 3 nitrogen and oxygen atoms in total. The number of piperazine rings is 1. The summed E-state index contributed by atoms with van der Waals surface area (Å²) in [5.41, 5.74) is 3.31. The van der Waals surface area contributed by atoms with E-state index in [-0.39, 0.29) is 5.82 Å². The highest BCUT2D eigenvalue weighted by Gasteiger charge is 2.33. The summed E-state index contributed by atoms with van der Waals surface area (Å²) >= 11 is 6.23. The van der Waals surface area contributed by atoms with E-state index in [2.05, 4.69) is 33.1 Å². The Labute approximate surface area is 170 Å². The van der Waals surface area contributed by atoms with Gasteiger partial charge in [0.1, 0.15) is 5.82 Å². The molecule has 2 unspecified atom stereocenters. The summed E-state index contributed by atoms with van der Waals surface area (Å²) < 4.78 is 14.1. The van der Waals surface area contributed by atoms with Crippen LogP contribution < -0.4 is 4.90 Å². The molecule has 1 saturated heterocycles. The summed E-state index contributed by atoms with van der Waals surface area (Å²) in [6.45, 7) is 3.80. The quantitative estimate of drug-likeness (QED) is 0.637. The Morgan fingerprint density at radius 1 is 1.00 bits per heavy atom. The number of halogens is 2. The first-order valence-corrected chi connectivity index (χ1v) is 10.6. The summed E-state index contributed by atoms with van der Waals surface area (Å²) in [6, 6.07) is 13.8. The van der Waals surface area contributed by atoms with Crippen LogP contribution >= 0.6 is 11.6 Å². The molecule has 0 radical (unpaired) electrons. The van der Waals surface area contributed by atoms with Crippen LogP contribution in [0.5, 0.6) is 0 Å².